The Labute approximate surface area is 181 Å². The van der Waals surface area contributed by atoms with Crippen molar-refractivity contribution in [1.29, 1.82) is 0 Å². The molecule has 1 aliphatic heterocycles. The number of carbonyl (C=O) groups is 1. The lowest BCUT2D eigenvalue weighted by molar-refractivity contribution is 0.0938. The molecule has 0 bridgehead atoms. The van der Waals surface area contributed by atoms with Gasteiger partial charge < -0.3 is 10.1 Å². The topological polar surface area (TPSA) is 70.2 Å². The molecule has 2 aromatic carbocycles. The number of aromatic nitrogens is 2. The van der Waals surface area contributed by atoms with Gasteiger partial charge in [0.05, 0.1) is 30.6 Å². The van der Waals surface area contributed by atoms with E-state index in [1.165, 1.54) is 18.4 Å². The van der Waals surface area contributed by atoms with Gasteiger partial charge in [0.25, 0.3) is 5.91 Å². The van der Waals surface area contributed by atoms with Crippen LogP contribution in [0.4, 0.5) is 0 Å². The monoisotopic (exact) mass is 424 g/mol. The number of hydrogen-bond donors (Lipinski definition) is 2. The number of benzene rings is 2. The zero-order chi connectivity index (χ0) is 20.9. The van der Waals surface area contributed by atoms with Gasteiger partial charge in [0.15, 0.2) is 0 Å². The van der Waals surface area contributed by atoms with E-state index in [4.69, 9.17) is 16.3 Å². The van der Waals surface area contributed by atoms with Crippen molar-refractivity contribution >= 4 is 17.5 Å². The number of hydrogen-bond acceptors (Lipinski definition) is 4. The van der Waals surface area contributed by atoms with Crippen molar-refractivity contribution in [3.8, 4) is 17.0 Å². The number of nitrogens with one attached hydrogen (secondary N) is 2. The smallest absolute Gasteiger partial charge is 0.255 e. The Morgan fingerprint density at radius 3 is 2.53 bits per heavy atom. The molecule has 1 atom stereocenters. The zero-order valence-electron chi connectivity index (χ0n) is 16.9. The first-order chi connectivity index (χ1) is 14.7. The van der Waals surface area contributed by atoms with Crippen molar-refractivity contribution in [3.63, 3.8) is 0 Å². The van der Waals surface area contributed by atoms with Crippen molar-refractivity contribution in [3.05, 3.63) is 70.9 Å². The molecule has 0 saturated carbocycles. The highest BCUT2D eigenvalue weighted by molar-refractivity contribution is 6.30. The van der Waals surface area contributed by atoms with E-state index in [0.717, 1.165) is 24.4 Å². The van der Waals surface area contributed by atoms with Crippen LogP contribution < -0.4 is 10.1 Å². The van der Waals surface area contributed by atoms with Crippen LogP contribution in [0.15, 0.2) is 54.7 Å². The molecular formula is C23H25ClN4O2. The molecule has 156 valence electrons. The minimum atomic E-state index is -0.147. The van der Waals surface area contributed by atoms with Crippen LogP contribution in [0.5, 0.6) is 5.75 Å². The van der Waals surface area contributed by atoms with E-state index >= 15 is 0 Å². The molecule has 1 amide bonds. The van der Waals surface area contributed by atoms with Crippen molar-refractivity contribution in [2.24, 2.45) is 0 Å². The van der Waals surface area contributed by atoms with E-state index in [1.807, 2.05) is 24.3 Å². The van der Waals surface area contributed by atoms with Gasteiger partial charge in [-0.15, -0.1) is 0 Å². The summed E-state index contributed by atoms with van der Waals surface area (Å²) in [5, 5.41) is 10.8. The summed E-state index contributed by atoms with van der Waals surface area (Å²) in [6, 6.07) is 15.5. The predicted octanol–water partition coefficient (Wildman–Crippen LogP) is 4.31. The van der Waals surface area contributed by atoms with Crippen LogP contribution in [0.2, 0.25) is 5.02 Å². The van der Waals surface area contributed by atoms with Gasteiger partial charge in [-0.1, -0.05) is 35.9 Å². The van der Waals surface area contributed by atoms with Crippen molar-refractivity contribution in [2.75, 3.05) is 26.7 Å². The highest BCUT2D eigenvalue weighted by Crippen LogP contribution is 2.27. The second kappa shape index (κ2) is 9.32. The fourth-order valence-electron chi connectivity index (χ4n) is 3.92. The van der Waals surface area contributed by atoms with Gasteiger partial charge in [0.2, 0.25) is 0 Å². The Bertz CT molecular complexity index is 979. The summed E-state index contributed by atoms with van der Waals surface area (Å²) < 4.78 is 5.28. The van der Waals surface area contributed by atoms with Gasteiger partial charge in [-0.25, -0.2) is 0 Å². The molecule has 1 unspecified atom stereocenters. The Hall–Kier alpha value is -2.83. The molecular weight excluding hydrogens is 400 g/mol. The lowest BCUT2D eigenvalue weighted by Crippen LogP contribution is -2.36. The number of amides is 1. The summed E-state index contributed by atoms with van der Waals surface area (Å²) in [5.74, 6) is 0.681. The molecule has 0 spiro atoms. The highest BCUT2D eigenvalue weighted by Gasteiger charge is 2.25. The minimum Gasteiger partial charge on any atom is -0.497 e. The summed E-state index contributed by atoms with van der Waals surface area (Å²) >= 11 is 5.98. The predicted molar refractivity (Wildman–Crippen MR) is 118 cm³/mol. The van der Waals surface area contributed by atoms with E-state index in [9.17, 15) is 4.79 Å². The minimum absolute atomic E-state index is 0.119. The van der Waals surface area contributed by atoms with Crippen LogP contribution >= 0.6 is 11.6 Å². The van der Waals surface area contributed by atoms with Gasteiger partial charge in [-0.05, 0) is 55.8 Å². The van der Waals surface area contributed by atoms with Crippen LogP contribution in [0.3, 0.4) is 0 Å². The normalized spacial score (nSPS) is 15.1. The summed E-state index contributed by atoms with van der Waals surface area (Å²) in [7, 11) is 1.66. The number of H-pyrrole nitrogens is 1. The summed E-state index contributed by atoms with van der Waals surface area (Å²) in [4.78, 5) is 15.4. The van der Waals surface area contributed by atoms with Gasteiger partial charge in [0.1, 0.15) is 5.75 Å². The third kappa shape index (κ3) is 4.50. The zero-order valence-corrected chi connectivity index (χ0v) is 17.7. The molecule has 1 aliphatic rings. The second-order valence-electron chi connectivity index (χ2n) is 7.41. The molecule has 4 rings (SSSR count). The average Bonchev–Trinajstić information content (AvgIpc) is 3.47. The Morgan fingerprint density at radius 2 is 1.87 bits per heavy atom. The third-order valence-electron chi connectivity index (χ3n) is 5.55. The van der Waals surface area contributed by atoms with Crippen molar-refractivity contribution in [2.45, 2.75) is 18.9 Å². The van der Waals surface area contributed by atoms with E-state index in [1.54, 1.807) is 25.4 Å². The number of likely N-dealkylation sites (tertiary alicyclic amines) is 1. The Morgan fingerprint density at radius 1 is 1.17 bits per heavy atom. The lowest BCUT2D eigenvalue weighted by atomic mass is 10.0. The standard InChI is InChI=1S/C23H25ClN4O2/c1-30-19-10-6-16(7-11-19)21(28-12-2-3-13-28)15-25-23(29)20-14-26-27-22(20)17-4-8-18(24)9-5-17/h4-11,14,21H,2-3,12-13,15H2,1H3,(H,25,29)(H,26,27). The highest BCUT2D eigenvalue weighted by atomic mass is 35.5. The molecule has 1 saturated heterocycles. The van der Waals surface area contributed by atoms with Crippen molar-refractivity contribution in [1.82, 2.24) is 20.4 Å². The molecule has 2 heterocycles. The fourth-order valence-corrected chi connectivity index (χ4v) is 4.04. The molecule has 0 radical (unpaired) electrons. The van der Waals surface area contributed by atoms with Gasteiger partial charge in [-0.2, -0.15) is 5.10 Å². The maximum absolute atomic E-state index is 13.0. The quantitative estimate of drug-likeness (QED) is 0.593. The Kier molecular flexibility index (Phi) is 6.35. The maximum atomic E-state index is 13.0. The molecule has 1 aromatic heterocycles. The number of halogens is 1. The molecule has 7 heteroatoms. The summed E-state index contributed by atoms with van der Waals surface area (Å²) in [5.41, 5.74) is 3.25. The molecule has 6 nitrogen and oxygen atoms in total. The third-order valence-corrected chi connectivity index (χ3v) is 5.81. The SMILES string of the molecule is COc1ccc(C(CNC(=O)c2cn[nH]c2-c2ccc(Cl)cc2)N2CCCC2)cc1. The van der Waals surface area contributed by atoms with Crippen LogP contribution in [-0.2, 0) is 0 Å². The lowest BCUT2D eigenvalue weighted by Gasteiger charge is -2.28. The molecule has 1 fully saturated rings. The average molecular weight is 425 g/mol. The number of aromatic amines is 1. The van der Waals surface area contributed by atoms with E-state index in [2.05, 4.69) is 32.5 Å². The van der Waals surface area contributed by atoms with E-state index < -0.39 is 0 Å². The van der Waals surface area contributed by atoms with E-state index in [0.29, 0.717) is 22.8 Å². The first-order valence-electron chi connectivity index (χ1n) is 10.1. The van der Waals surface area contributed by atoms with Gasteiger partial charge >= 0.3 is 0 Å². The largest absolute Gasteiger partial charge is 0.497 e. The fraction of sp³-hybridized carbons (Fsp3) is 0.304. The number of carbonyl (C=O) groups excluding carboxylic acids is 1. The van der Waals surface area contributed by atoms with Gasteiger partial charge in [0, 0.05) is 17.1 Å². The van der Waals surface area contributed by atoms with Crippen molar-refractivity contribution < 1.29 is 9.53 Å². The van der Waals surface area contributed by atoms with Crippen LogP contribution in [0.25, 0.3) is 11.3 Å². The first-order valence-corrected chi connectivity index (χ1v) is 10.5. The first kappa shape index (κ1) is 20.4. The molecule has 0 aliphatic carbocycles. The summed E-state index contributed by atoms with van der Waals surface area (Å²) in [6.45, 7) is 2.60. The number of nitrogens with zero attached hydrogens (tertiary/aromatic N) is 2. The second-order valence-corrected chi connectivity index (χ2v) is 7.84. The van der Waals surface area contributed by atoms with Crippen LogP contribution in [0.1, 0.15) is 34.8 Å². The number of ether oxygens (including phenoxy) is 1. The molecule has 3 aromatic rings. The number of methoxy groups -OCH3 is 1. The Balaban J connectivity index is 1.50. The van der Waals surface area contributed by atoms with Gasteiger partial charge in [-0.3, -0.25) is 14.8 Å². The molecule has 30 heavy (non-hydrogen) atoms. The molecule has 2 N–H and O–H groups in total. The van der Waals surface area contributed by atoms with Crippen LogP contribution in [-0.4, -0.2) is 47.7 Å². The number of rotatable bonds is 7. The summed E-state index contributed by atoms with van der Waals surface area (Å²) in [6.07, 6.45) is 3.93. The van der Waals surface area contributed by atoms with E-state index in [-0.39, 0.29) is 11.9 Å². The maximum Gasteiger partial charge on any atom is 0.255 e. The van der Waals surface area contributed by atoms with Crippen LogP contribution in [0, 0.1) is 0 Å².